The molecule has 0 radical (unpaired) electrons. The average molecular weight is 226 g/mol. The predicted octanol–water partition coefficient (Wildman–Crippen LogP) is 3.05. The normalized spacial score (nSPS) is 13.1. The summed E-state index contributed by atoms with van der Waals surface area (Å²) in [6.07, 6.45) is 3.87. The molecule has 86 valence electrons. The zero-order valence-corrected chi connectivity index (χ0v) is 9.87. The number of hydrogen-bond acceptors (Lipinski definition) is 2. The van der Waals surface area contributed by atoms with E-state index < -0.39 is 0 Å². The van der Waals surface area contributed by atoms with Gasteiger partial charge in [-0.1, -0.05) is 32.0 Å². The van der Waals surface area contributed by atoms with Crippen LogP contribution in [0.1, 0.15) is 30.9 Å². The van der Waals surface area contributed by atoms with Crippen molar-refractivity contribution in [2.24, 2.45) is 0 Å². The molecule has 0 spiro atoms. The molecule has 0 fully saturated rings. The summed E-state index contributed by atoms with van der Waals surface area (Å²) in [5.41, 5.74) is 2.01. The minimum absolute atomic E-state index is 0.00227. The van der Waals surface area contributed by atoms with Gasteiger partial charge in [0.15, 0.2) is 0 Å². The van der Waals surface area contributed by atoms with E-state index >= 15 is 0 Å². The summed E-state index contributed by atoms with van der Waals surface area (Å²) in [6.45, 7) is 4.09. The molecule has 0 bridgehead atoms. The summed E-state index contributed by atoms with van der Waals surface area (Å²) >= 11 is 0. The number of aromatic amines is 1. The maximum absolute atomic E-state index is 12.1. The van der Waals surface area contributed by atoms with Crippen molar-refractivity contribution < 1.29 is 0 Å². The highest BCUT2D eigenvalue weighted by Crippen LogP contribution is 2.32. The average Bonchev–Trinajstić information content (AvgIpc) is 2.28. The van der Waals surface area contributed by atoms with Crippen LogP contribution in [0.15, 0.2) is 29.2 Å². The van der Waals surface area contributed by atoms with E-state index in [2.05, 4.69) is 16.4 Å². The van der Waals surface area contributed by atoms with Crippen molar-refractivity contribution in [3.8, 4) is 0 Å². The highest BCUT2D eigenvalue weighted by atomic mass is 16.1. The highest BCUT2D eigenvalue weighted by Gasteiger charge is 2.16. The zero-order valence-electron chi connectivity index (χ0n) is 9.87. The van der Waals surface area contributed by atoms with Crippen molar-refractivity contribution in [1.82, 2.24) is 4.98 Å². The molecular weight excluding hydrogens is 212 g/mol. The van der Waals surface area contributed by atoms with E-state index in [0.29, 0.717) is 0 Å². The first-order valence-electron chi connectivity index (χ1n) is 5.80. The van der Waals surface area contributed by atoms with Crippen LogP contribution in [0.2, 0.25) is 0 Å². The lowest BCUT2D eigenvalue weighted by Gasteiger charge is -2.17. The maximum atomic E-state index is 12.1. The molecule has 0 saturated heterocycles. The van der Waals surface area contributed by atoms with Gasteiger partial charge in [0, 0.05) is 17.1 Å². The third kappa shape index (κ3) is 1.39. The molecule has 1 aliphatic heterocycles. The molecule has 1 aliphatic rings. The molecule has 1 aromatic carbocycles. The van der Waals surface area contributed by atoms with Gasteiger partial charge in [-0.2, -0.15) is 0 Å². The Hall–Kier alpha value is -2.03. The van der Waals surface area contributed by atoms with Gasteiger partial charge in [0.25, 0.3) is 5.56 Å². The quantitative estimate of drug-likeness (QED) is 0.785. The molecule has 0 amide bonds. The van der Waals surface area contributed by atoms with Gasteiger partial charge in [-0.3, -0.25) is 4.79 Å². The smallest absolute Gasteiger partial charge is 0.253 e. The maximum Gasteiger partial charge on any atom is 0.253 e. The molecule has 2 aromatic rings. The molecule has 3 rings (SSSR count). The number of aromatic nitrogens is 1. The van der Waals surface area contributed by atoms with E-state index in [1.165, 1.54) is 0 Å². The number of rotatable bonds is 1. The molecule has 1 aromatic heterocycles. The van der Waals surface area contributed by atoms with Gasteiger partial charge in [0.1, 0.15) is 5.82 Å². The van der Waals surface area contributed by atoms with Crippen molar-refractivity contribution in [2.75, 3.05) is 5.32 Å². The second kappa shape index (κ2) is 3.48. The Morgan fingerprint density at radius 1 is 1.24 bits per heavy atom. The van der Waals surface area contributed by atoms with Crippen molar-refractivity contribution in [1.29, 1.82) is 0 Å². The van der Waals surface area contributed by atoms with Gasteiger partial charge >= 0.3 is 0 Å². The third-order valence-corrected chi connectivity index (χ3v) is 3.19. The van der Waals surface area contributed by atoms with Crippen molar-refractivity contribution in [3.63, 3.8) is 0 Å². The molecule has 0 unspecified atom stereocenters. The zero-order chi connectivity index (χ0) is 12.0. The van der Waals surface area contributed by atoms with Crippen LogP contribution in [0.5, 0.6) is 0 Å². The minimum Gasteiger partial charge on any atom is -0.348 e. The number of anilines is 1. The molecule has 0 atom stereocenters. The number of nitrogens with one attached hydrogen (secondary N) is 2. The van der Waals surface area contributed by atoms with Crippen molar-refractivity contribution in [2.45, 2.75) is 19.8 Å². The lowest BCUT2D eigenvalue weighted by molar-refractivity contribution is 0.856. The number of pyridine rings is 1. The Morgan fingerprint density at radius 3 is 2.82 bits per heavy atom. The topological polar surface area (TPSA) is 44.9 Å². The molecule has 2 heterocycles. The first-order chi connectivity index (χ1) is 8.18. The van der Waals surface area contributed by atoms with Crippen LogP contribution in [0.4, 0.5) is 5.82 Å². The summed E-state index contributed by atoms with van der Waals surface area (Å²) < 4.78 is 0. The molecule has 2 N–H and O–H groups in total. The van der Waals surface area contributed by atoms with Gasteiger partial charge in [0.2, 0.25) is 0 Å². The Bertz CT molecular complexity index is 680. The Morgan fingerprint density at radius 2 is 2.06 bits per heavy atom. The second-order valence-electron chi connectivity index (χ2n) is 4.64. The van der Waals surface area contributed by atoms with Crippen LogP contribution in [0, 0.1) is 0 Å². The van der Waals surface area contributed by atoms with Gasteiger partial charge in [-0.05, 0) is 22.9 Å². The number of H-pyrrole nitrogens is 1. The predicted molar refractivity (Wildman–Crippen MR) is 71.3 cm³/mol. The summed E-state index contributed by atoms with van der Waals surface area (Å²) in [4.78, 5) is 15.0. The highest BCUT2D eigenvalue weighted by molar-refractivity contribution is 6.02. The van der Waals surface area contributed by atoms with Crippen LogP contribution in [0.3, 0.4) is 0 Å². The van der Waals surface area contributed by atoms with Crippen LogP contribution in [0.25, 0.3) is 16.8 Å². The standard InChI is InChI=1S/C14H14N2O/c1-8(2)11-10-5-3-4-9-6-7-15-13(12(9)10)16-14(11)17/h3-8H,1-2H3,(H2,15,16,17). The van der Waals surface area contributed by atoms with Crippen molar-refractivity contribution >= 4 is 22.7 Å². The molecule has 3 nitrogen and oxygen atoms in total. The summed E-state index contributed by atoms with van der Waals surface area (Å²) in [5.74, 6) is 1.02. The fourth-order valence-electron chi connectivity index (χ4n) is 2.47. The van der Waals surface area contributed by atoms with E-state index in [4.69, 9.17) is 0 Å². The van der Waals surface area contributed by atoms with E-state index in [9.17, 15) is 4.79 Å². The van der Waals surface area contributed by atoms with Crippen LogP contribution >= 0.6 is 0 Å². The fourth-order valence-corrected chi connectivity index (χ4v) is 2.47. The van der Waals surface area contributed by atoms with E-state index in [-0.39, 0.29) is 11.5 Å². The number of benzene rings is 1. The fraction of sp³-hybridized carbons (Fsp3) is 0.214. The second-order valence-corrected chi connectivity index (χ2v) is 4.64. The summed E-state index contributed by atoms with van der Waals surface area (Å²) in [7, 11) is 0. The van der Waals surface area contributed by atoms with Crippen molar-refractivity contribution in [3.05, 3.63) is 45.9 Å². The minimum atomic E-state index is 0.00227. The van der Waals surface area contributed by atoms with Gasteiger partial charge in [-0.25, -0.2) is 0 Å². The van der Waals surface area contributed by atoms with E-state index in [1.54, 1.807) is 0 Å². The largest absolute Gasteiger partial charge is 0.348 e. The molecular formula is C14H14N2O. The van der Waals surface area contributed by atoms with E-state index in [1.807, 2.05) is 38.3 Å². The Labute approximate surface area is 99.2 Å². The van der Waals surface area contributed by atoms with Crippen LogP contribution in [-0.4, -0.2) is 4.98 Å². The summed E-state index contributed by atoms with van der Waals surface area (Å²) in [6, 6.07) is 6.09. The monoisotopic (exact) mass is 226 g/mol. The molecule has 0 aliphatic carbocycles. The Balaban J connectivity index is 2.54. The lowest BCUT2D eigenvalue weighted by Crippen LogP contribution is -2.17. The lowest BCUT2D eigenvalue weighted by atomic mass is 9.94. The first-order valence-corrected chi connectivity index (χ1v) is 5.80. The van der Waals surface area contributed by atoms with Crippen LogP contribution < -0.4 is 10.9 Å². The van der Waals surface area contributed by atoms with Gasteiger partial charge in [-0.15, -0.1) is 0 Å². The SMILES string of the molecule is CC(C)c1c(=O)[nH]c2c3c(cccc13)C=CN2. The first kappa shape index (κ1) is 10.1. The number of hydrogen-bond donors (Lipinski definition) is 2. The Kier molecular flexibility index (Phi) is 2.08. The molecule has 0 saturated carbocycles. The summed E-state index contributed by atoms with van der Waals surface area (Å²) in [5, 5.41) is 5.26. The van der Waals surface area contributed by atoms with Gasteiger partial charge in [0.05, 0.1) is 0 Å². The molecule has 3 heteroatoms. The van der Waals surface area contributed by atoms with Crippen LogP contribution in [-0.2, 0) is 0 Å². The van der Waals surface area contributed by atoms with E-state index in [0.717, 1.165) is 27.7 Å². The molecule has 17 heavy (non-hydrogen) atoms. The third-order valence-electron chi connectivity index (χ3n) is 3.19. The van der Waals surface area contributed by atoms with Gasteiger partial charge < -0.3 is 10.3 Å².